The zero-order valence-electron chi connectivity index (χ0n) is 19.3. The molecule has 3 aromatic rings. The van der Waals surface area contributed by atoms with Crippen molar-refractivity contribution in [2.75, 3.05) is 5.32 Å². The van der Waals surface area contributed by atoms with Gasteiger partial charge < -0.3 is 20.8 Å². The molecular weight excluding hydrogens is 418 g/mol. The number of amides is 2. The number of rotatable bonds is 9. The minimum Gasteiger partial charge on any atom is -0.423 e. The van der Waals surface area contributed by atoms with Crippen LogP contribution in [0.15, 0.2) is 63.8 Å². The van der Waals surface area contributed by atoms with Crippen molar-refractivity contribution in [3.8, 4) is 0 Å². The molecule has 7 heteroatoms. The highest BCUT2D eigenvalue weighted by atomic mass is 16.4. The Morgan fingerprint density at radius 1 is 1.03 bits per heavy atom. The molecule has 33 heavy (non-hydrogen) atoms. The van der Waals surface area contributed by atoms with E-state index in [0.29, 0.717) is 30.5 Å². The Hall–Kier alpha value is -3.45. The van der Waals surface area contributed by atoms with Crippen molar-refractivity contribution in [3.63, 3.8) is 0 Å². The van der Waals surface area contributed by atoms with Gasteiger partial charge >= 0.3 is 5.63 Å². The number of carbonyl (C=O) groups is 2. The number of aryl methyl sites for hydroxylation is 2. The van der Waals surface area contributed by atoms with Crippen LogP contribution in [-0.4, -0.2) is 23.9 Å². The lowest BCUT2D eigenvalue weighted by Gasteiger charge is -2.21. The van der Waals surface area contributed by atoms with E-state index in [4.69, 9.17) is 10.2 Å². The van der Waals surface area contributed by atoms with E-state index in [1.807, 2.05) is 51.1 Å². The quantitative estimate of drug-likeness (QED) is 0.432. The number of nitrogens with one attached hydrogen (secondary N) is 2. The number of benzene rings is 2. The molecule has 4 N–H and O–H groups in total. The third-order valence-corrected chi connectivity index (χ3v) is 5.48. The Bertz CT molecular complexity index is 1170. The first-order valence-electron chi connectivity index (χ1n) is 11.2. The molecule has 7 nitrogen and oxygen atoms in total. The van der Waals surface area contributed by atoms with Gasteiger partial charge in [-0.2, -0.15) is 0 Å². The third-order valence-electron chi connectivity index (χ3n) is 5.48. The van der Waals surface area contributed by atoms with Crippen molar-refractivity contribution in [1.82, 2.24) is 5.32 Å². The molecule has 2 aromatic carbocycles. The molecule has 174 valence electrons. The summed E-state index contributed by atoms with van der Waals surface area (Å²) in [6.07, 6.45) is 1.56. The van der Waals surface area contributed by atoms with E-state index in [0.717, 1.165) is 16.5 Å². The lowest BCUT2D eigenvalue weighted by atomic mass is 10.0. The van der Waals surface area contributed by atoms with Crippen LogP contribution in [0, 0.1) is 12.8 Å². The molecule has 0 saturated carbocycles. The van der Waals surface area contributed by atoms with Gasteiger partial charge in [0, 0.05) is 23.2 Å². The average Bonchev–Trinajstić information content (AvgIpc) is 2.76. The van der Waals surface area contributed by atoms with Crippen molar-refractivity contribution < 1.29 is 14.0 Å². The lowest BCUT2D eigenvalue weighted by Crippen LogP contribution is -2.50. The highest BCUT2D eigenvalue weighted by molar-refractivity contribution is 5.99. The van der Waals surface area contributed by atoms with Gasteiger partial charge in [-0.1, -0.05) is 44.2 Å². The normalized spacial score (nSPS) is 13.0. The molecule has 2 amide bonds. The van der Waals surface area contributed by atoms with E-state index < -0.39 is 17.7 Å². The molecule has 0 aliphatic carbocycles. The summed E-state index contributed by atoms with van der Waals surface area (Å²) in [5, 5.41) is 6.45. The Balaban J connectivity index is 1.77. The van der Waals surface area contributed by atoms with Gasteiger partial charge in [0.25, 0.3) is 0 Å². The summed E-state index contributed by atoms with van der Waals surface area (Å²) in [5.74, 6) is -0.444. The topological polar surface area (TPSA) is 114 Å². The fourth-order valence-electron chi connectivity index (χ4n) is 3.75. The fraction of sp³-hybridized carbons (Fsp3) is 0.346. The van der Waals surface area contributed by atoms with E-state index in [9.17, 15) is 14.4 Å². The van der Waals surface area contributed by atoms with Crippen LogP contribution in [0.3, 0.4) is 0 Å². The van der Waals surface area contributed by atoms with Crippen molar-refractivity contribution in [3.05, 3.63) is 76.1 Å². The number of carbonyl (C=O) groups excluding carboxylic acids is 2. The van der Waals surface area contributed by atoms with Crippen LogP contribution in [0.1, 0.15) is 37.8 Å². The van der Waals surface area contributed by atoms with Gasteiger partial charge in [-0.15, -0.1) is 0 Å². The van der Waals surface area contributed by atoms with Crippen LogP contribution in [0.2, 0.25) is 0 Å². The summed E-state index contributed by atoms with van der Waals surface area (Å²) >= 11 is 0. The van der Waals surface area contributed by atoms with Gasteiger partial charge in [0.05, 0.1) is 6.04 Å². The second-order valence-electron chi connectivity index (χ2n) is 8.77. The minimum atomic E-state index is -0.767. The van der Waals surface area contributed by atoms with Gasteiger partial charge in [-0.25, -0.2) is 4.79 Å². The Morgan fingerprint density at radius 3 is 2.45 bits per heavy atom. The van der Waals surface area contributed by atoms with Gasteiger partial charge in [-0.3, -0.25) is 9.59 Å². The highest BCUT2D eigenvalue weighted by Crippen LogP contribution is 2.21. The van der Waals surface area contributed by atoms with E-state index >= 15 is 0 Å². The smallest absolute Gasteiger partial charge is 0.336 e. The van der Waals surface area contributed by atoms with E-state index in [-0.39, 0.29) is 17.7 Å². The summed E-state index contributed by atoms with van der Waals surface area (Å²) in [6.45, 7) is 5.81. The van der Waals surface area contributed by atoms with Gasteiger partial charge in [0.2, 0.25) is 11.8 Å². The molecule has 1 heterocycles. The van der Waals surface area contributed by atoms with Crippen molar-refractivity contribution >= 4 is 28.5 Å². The zero-order chi connectivity index (χ0) is 24.0. The summed E-state index contributed by atoms with van der Waals surface area (Å²) in [4.78, 5) is 37.5. The minimum absolute atomic E-state index is 0.262. The summed E-state index contributed by atoms with van der Waals surface area (Å²) < 4.78 is 5.27. The molecular formula is C26H31N3O4. The zero-order valence-corrected chi connectivity index (χ0v) is 19.3. The molecule has 0 unspecified atom stereocenters. The fourth-order valence-corrected chi connectivity index (χ4v) is 3.75. The molecule has 0 fully saturated rings. The number of hydrogen-bond donors (Lipinski definition) is 3. The van der Waals surface area contributed by atoms with Crippen molar-refractivity contribution in [2.45, 2.75) is 52.1 Å². The largest absolute Gasteiger partial charge is 0.423 e. The number of hydrogen-bond acceptors (Lipinski definition) is 5. The van der Waals surface area contributed by atoms with E-state index in [1.54, 1.807) is 18.2 Å². The van der Waals surface area contributed by atoms with Gasteiger partial charge in [0.15, 0.2) is 0 Å². The molecule has 0 bridgehead atoms. The predicted molar refractivity (Wildman–Crippen MR) is 130 cm³/mol. The second kappa shape index (κ2) is 10.9. The third kappa shape index (κ3) is 6.76. The van der Waals surface area contributed by atoms with Crippen LogP contribution in [0.4, 0.5) is 5.69 Å². The van der Waals surface area contributed by atoms with Crippen LogP contribution in [0.5, 0.6) is 0 Å². The molecule has 0 spiro atoms. The molecule has 0 radical (unpaired) electrons. The highest BCUT2D eigenvalue weighted by Gasteiger charge is 2.24. The Kier molecular flexibility index (Phi) is 8.01. The average molecular weight is 450 g/mol. The lowest BCUT2D eigenvalue weighted by molar-refractivity contribution is -0.127. The summed E-state index contributed by atoms with van der Waals surface area (Å²) in [6, 6.07) is 14.9. The molecule has 3 rings (SSSR count). The SMILES string of the molecule is Cc1cc(=O)oc2cc(NC(=O)[C@H](CCc3ccccc3)NC(=O)[C@@H](N)CC(C)C)ccc12. The second-order valence-corrected chi connectivity index (χ2v) is 8.77. The molecule has 0 saturated heterocycles. The maximum absolute atomic E-state index is 13.1. The first kappa shape index (κ1) is 24.2. The maximum atomic E-state index is 13.1. The maximum Gasteiger partial charge on any atom is 0.336 e. The summed E-state index contributed by atoms with van der Waals surface area (Å²) in [7, 11) is 0. The first-order chi connectivity index (χ1) is 15.7. The van der Waals surface area contributed by atoms with Crippen molar-refractivity contribution in [2.24, 2.45) is 11.7 Å². The Morgan fingerprint density at radius 2 is 1.76 bits per heavy atom. The standard InChI is InChI=1S/C26H31N3O4/c1-16(2)13-21(27)25(31)29-22(12-9-18-7-5-4-6-8-18)26(32)28-19-10-11-20-17(3)14-24(30)33-23(20)15-19/h4-8,10-11,14-16,21-22H,9,12-13,27H2,1-3H3,(H,28,32)(H,29,31)/t21-,22-/m0/s1. The molecule has 0 aliphatic rings. The van der Waals surface area contributed by atoms with Crippen molar-refractivity contribution in [1.29, 1.82) is 0 Å². The van der Waals surface area contributed by atoms with Crippen LogP contribution < -0.4 is 22.0 Å². The molecule has 0 aliphatic heterocycles. The van der Waals surface area contributed by atoms with Gasteiger partial charge in [0.1, 0.15) is 11.6 Å². The Labute approximate surface area is 193 Å². The van der Waals surface area contributed by atoms with Crippen LogP contribution in [0.25, 0.3) is 11.0 Å². The van der Waals surface area contributed by atoms with Crippen LogP contribution >= 0.6 is 0 Å². The van der Waals surface area contributed by atoms with E-state index in [1.165, 1.54) is 6.07 Å². The van der Waals surface area contributed by atoms with Crippen LogP contribution in [-0.2, 0) is 16.0 Å². The summed E-state index contributed by atoms with van der Waals surface area (Å²) in [5.41, 5.74) is 8.32. The first-order valence-corrected chi connectivity index (χ1v) is 11.2. The number of anilines is 1. The number of fused-ring (bicyclic) bond motifs is 1. The molecule has 2 atom stereocenters. The predicted octanol–water partition coefficient (Wildman–Crippen LogP) is 3.53. The number of nitrogens with two attached hydrogens (primary N) is 1. The monoisotopic (exact) mass is 449 g/mol. The van der Waals surface area contributed by atoms with Gasteiger partial charge in [-0.05, 0) is 55.4 Å². The van der Waals surface area contributed by atoms with E-state index in [2.05, 4.69) is 10.6 Å². The molecule has 1 aromatic heterocycles.